The van der Waals surface area contributed by atoms with Gasteiger partial charge in [-0.05, 0) is 69.1 Å². The smallest absolute Gasteiger partial charge is 0.308 e. The lowest BCUT2D eigenvalue weighted by atomic mass is 9.84. The summed E-state index contributed by atoms with van der Waals surface area (Å²) < 4.78 is 5.56. The van der Waals surface area contributed by atoms with Crippen molar-refractivity contribution in [3.63, 3.8) is 0 Å². The van der Waals surface area contributed by atoms with Crippen LogP contribution in [0.4, 0.5) is 0 Å². The minimum absolute atomic E-state index is 0.0145. The van der Waals surface area contributed by atoms with Gasteiger partial charge in [0.15, 0.2) is 0 Å². The van der Waals surface area contributed by atoms with Crippen molar-refractivity contribution in [3.8, 4) is 0 Å². The van der Waals surface area contributed by atoms with E-state index >= 15 is 0 Å². The van der Waals surface area contributed by atoms with Gasteiger partial charge in [-0.15, -0.1) is 0 Å². The minimum atomic E-state index is 0.0145. The van der Waals surface area contributed by atoms with Gasteiger partial charge in [0.05, 0.1) is 12.5 Å². The average molecular weight is 535 g/mol. The van der Waals surface area contributed by atoms with E-state index in [2.05, 4.69) is 53.7 Å². The number of allylic oxidation sites excluding steroid dienone is 2. The van der Waals surface area contributed by atoms with E-state index < -0.39 is 0 Å². The monoisotopic (exact) mass is 535 g/mol. The average Bonchev–Trinajstić information content (AvgIpc) is 2.87. The van der Waals surface area contributed by atoms with Crippen LogP contribution >= 0.6 is 0 Å². The number of unbranched alkanes of at least 4 members (excludes halogenated alkanes) is 15. The highest BCUT2D eigenvalue weighted by atomic mass is 16.5. The van der Waals surface area contributed by atoms with Crippen LogP contribution in [-0.2, 0) is 9.53 Å². The van der Waals surface area contributed by atoms with Crippen molar-refractivity contribution in [2.45, 2.75) is 183 Å². The molecule has 0 aliphatic rings. The summed E-state index contributed by atoms with van der Waals surface area (Å²) in [5.74, 6) is 2.19. The van der Waals surface area contributed by atoms with Crippen LogP contribution in [0.15, 0.2) is 12.2 Å². The van der Waals surface area contributed by atoms with Crippen LogP contribution in [0, 0.1) is 23.7 Å². The normalized spacial score (nSPS) is 15.0. The maximum absolute atomic E-state index is 12.4. The molecule has 0 rings (SSSR count). The molecular weight excluding hydrogens is 464 g/mol. The minimum Gasteiger partial charge on any atom is -0.465 e. The van der Waals surface area contributed by atoms with Gasteiger partial charge in [0, 0.05) is 0 Å². The molecule has 38 heavy (non-hydrogen) atoms. The molecule has 4 unspecified atom stereocenters. The van der Waals surface area contributed by atoms with E-state index in [9.17, 15) is 4.79 Å². The third-order valence-electron chi connectivity index (χ3n) is 8.22. The number of carbonyl (C=O) groups is 1. The number of hydrogen-bond donors (Lipinski definition) is 0. The summed E-state index contributed by atoms with van der Waals surface area (Å²) in [6.07, 6.45) is 33.5. The lowest BCUT2D eigenvalue weighted by Gasteiger charge is -2.22. The van der Waals surface area contributed by atoms with E-state index in [0.717, 1.165) is 24.7 Å². The molecule has 226 valence electrons. The topological polar surface area (TPSA) is 26.3 Å². The summed E-state index contributed by atoms with van der Waals surface area (Å²) in [4.78, 5) is 12.4. The van der Waals surface area contributed by atoms with Crippen molar-refractivity contribution in [2.75, 3.05) is 6.61 Å². The summed E-state index contributed by atoms with van der Waals surface area (Å²) in [5.41, 5.74) is 0. The zero-order chi connectivity index (χ0) is 28.3. The van der Waals surface area contributed by atoms with E-state index in [1.807, 2.05) is 0 Å². The van der Waals surface area contributed by atoms with Crippen LogP contribution in [0.2, 0.25) is 0 Å². The fraction of sp³-hybridized carbons (Fsp3) is 0.917. The Labute approximate surface area is 240 Å². The molecule has 0 spiro atoms. The Morgan fingerprint density at radius 3 is 1.61 bits per heavy atom. The third kappa shape index (κ3) is 25.5. The Kier molecular flexibility index (Phi) is 27.2. The van der Waals surface area contributed by atoms with Crippen molar-refractivity contribution in [1.82, 2.24) is 0 Å². The SMILES string of the molecule is CCCCCC/C=C/CCCCCCCCC(C)CC(C)CC(C)CC(C)C(=O)OCCCCCCCC. The van der Waals surface area contributed by atoms with Gasteiger partial charge in [0.2, 0.25) is 0 Å². The predicted octanol–water partition coefficient (Wildman–Crippen LogP) is 12.3. The Morgan fingerprint density at radius 2 is 1.00 bits per heavy atom. The van der Waals surface area contributed by atoms with Crippen molar-refractivity contribution in [3.05, 3.63) is 12.2 Å². The molecule has 0 aromatic carbocycles. The first kappa shape index (κ1) is 37.2. The summed E-state index contributed by atoms with van der Waals surface area (Å²) in [7, 11) is 0. The zero-order valence-corrected chi connectivity index (χ0v) is 27.0. The summed E-state index contributed by atoms with van der Waals surface area (Å²) >= 11 is 0. The van der Waals surface area contributed by atoms with Crippen LogP contribution < -0.4 is 0 Å². The highest BCUT2D eigenvalue weighted by Crippen LogP contribution is 2.27. The largest absolute Gasteiger partial charge is 0.465 e. The Morgan fingerprint density at radius 1 is 0.553 bits per heavy atom. The van der Waals surface area contributed by atoms with Crippen LogP contribution in [0.3, 0.4) is 0 Å². The molecule has 0 heterocycles. The number of ether oxygens (including phenoxy) is 1. The third-order valence-corrected chi connectivity index (χ3v) is 8.22. The van der Waals surface area contributed by atoms with E-state index in [-0.39, 0.29) is 11.9 Å². The molecular formula is C36H70O2. The maximum Gasteiger partial charge on any atom is 0.308 e. The summed E-state index contributed by atoms with van der Waals surface area (Å²) in [6, 6.07) is 0. The van der Waals surface area contributed by atoms with E-state index in [1.54, 1.807) is 0 Å². The van der Waals surface area contributed by atoms with Gasteiger partial charge >= 0.3 is 5.97 Å². The molecule has 0 amide bonds. The fourth-order valence-electron chi connectivity index (χ4n) is 5.97. The highest BCUT2D eigenvalue weighted by Gasteiger charge is 2.20. The second-order valence-corrected chi connectivity index (χ2v) is 12.9. The predicted molar refractivity (Wildman–Crippen MR) is 170 cm³/mol. The van der Waals surface area contributed by atoms with E-state index in [4.69, 9.17) is 4.74 Å². The number of carbonyl (C=O) groups excluding carboxylic acids is 1. The molecule has 0 radical (unpaired) electrons. The lowest BCUT2D eigenvalue weighted by molar-refractivity contribution is -0.148. The lowest BCUT2D eigenvalue weighted by Crippen LogP contribution is -2.19. The van der Waals surface area contributed by atoms with Gasteiger partial charge in [0.25, 0.3) is 0 Å². The number of hydrogen-bond acceptors (Lipinski definition) is 2. The van der Waals surface area contributed by atoms with Crippen LogP contribution in [0.5, 0.6) is 0 Å². The first-order valence-electron chi connectivity index (χ1n) is 17.2. The molecule has 2 heteroatoms. The zero-order valence-electron chi connectivity index (χ0n) is 27.0. The first-order valence-corrected chi connectivity index (χ1v) is 17.2. The van der Waals surface area contributed by atoms with E-state index in [0.29, 0.717) is 12.5 Å². The van der Waals surface area contributed by atoms with Crippen molar-refractivity contribution in [1.29, 1.82) is 0 Å². The second kappa shape index (κ2) is 27.8. The van der Waals surface area contributed by atoms with E-state index in [1.165, 1.54) is 128 Å². The molecule has 0 fully saturated rings. The molecule has 0 aromatic heterocycles. The van der Waals surface area contributed by atoms with Crippen molar-refractivity contribution < 1.29 is 9.53 Å². The number of rotatable bonds is 28. The highest BCUT2D eigenvalue weighted by molar-refractivity contribution is 5.71. The standard InChI is InChI=1S/C36H70O2/c1-7-9-11-13-15-16-17-18-19-20-21-22-23-25-27-32(3)29-33(4)30-34(5)31-35(6)36(37)38-28-26-24-14-12-10-8-2/h16-17,32-35H,7-15,18-31H2,1-6H3/b17-16+. The Balaban J connectivity index is 3.69. The van der Waals surface area contributed by atoms with Gasteiger partial charge in [-0.3, -0.25) is 4.79 Å². The van der Waals surface area contributed by atoms with Crippen LogP contribution in [0.1, 0.15) is 183 Å². The summed E-state index contributed by atoms with van der Waals surface area (Å²) in [6.45, 7) is 14.4. The molecule has 0 saturated carbocycles. The molecule has 0 aromatic rings. The Hall–Kier alpha value is -0.790. The molecule has 0 aliphatic heterocycles. The van der Waals surface area contributed by atoms with Gasteiger partial charge in [0.1, 0.15) is 0 Å². The van der Waals surface area contributed by atoms with Gasteiger partial charge in [-0.2, -0.15) is 0 Å². The molecule has 0 bridgehead atoms. The summed E-state index contributed by atoms with van der Waals surface area (Å²) in [5, 5.41) is 0. The van der Waals surface area contributed by atoms with Crippen LogP contribution in [0.25, 0.3) is 0 Å². The second-order valence-electron chi connectivity index (χ2n) is 12.9. The van der Waals surface area contributed by atoms with Crippen LogP contribution in [-0.4, -0.2) is 12.6 Å². The molecule has 4 atom stereocenters. The molecule has 0 N–H and O–H groups in total. The van der Waals surface area contributed by atoms with Gasteiger partial charge in [-0.1, -0.05) is 144 Å². The number of esters is 1. The fourth-order valence-corrected chi connectivity index (χ4v) is 5.97. The molecule has 0 aliphatic carbocycles. The molecule has 0 saturated heterocycles. The quantitative estimate of drug-likeness (QED) is 0.0566. The Bertz CT molecular complexity index is 525. The molecule has 2 nitrogen and oxygen atoms in total. The van der Waals surface area contributed by atoms with Crippen molar-refractivity contribution in [2.24, 2.45) is 23.7 Å². The maximum atomic E-state index is 12.4. The van der Waals surface area contributed by atoms with Crippen molar-refractivity contribution >= 4 is 5.97 Å². The first-order chi connectivity index (χ1) is 18.4. The van der Waals surface area contributed by atoms with Gasteiger partial charge in [-0.25, -0.2) is 0 Å². The van der Waals surface area contributed by atoms with Gasteiger partial charge < -0.3 is 4.74 Å².